The molecule has 0 saturated carbocycles. The number of nitrogens with zero attached hydrogens (tertiary/aromatic N) is 1. The van der Waals surface area contributed by atoms with E-state index in [4.69, 9.17) is 0 Å². The van der Waals surface area contributed by atoms with Gasteiger partial charge in [0, 0.05) is 23.7 Å². The summed E-state index contributed by atoms with van der Waals surface area (Å²) < 4.78 is 0. The Bertz CT molecular complexity index is 394. The van der Waals surface area contributed by atoms with Gasteiger partial charge in [0.25, 0.3) is 0 Å². The molecule has 1 N–H and O–H groups in total. The molecule has 0 aliphatic carbocycles. The fraction of sp³-hybridized carbons (Fsp3) is 0.300. The number of nitrogens with one attached hydrogen (secondary N) is 1. The summed E-state index contributed by atoms with van der Waals surface area (Å²) >= 11 is 5.48. The Hall–Kier alpha value is -0.610. The lowest BCUT2D eigenvalue weighted by Crippen LogP contribution is -1.96. The van der Waals surface area contributed by atoms with Crippen molar-refractivity contribution in [1.29, 1.82) is 0 Å². The molecule has 14 heavy (non-hydrogen) atoms. The quantitative estimate of drug-likeness (QED) is 0.851. The fourth-order valence-corrected chi connectivity index (χ4v) is 3.27. The predicted octanol–water partition coefficient (Wildman–Crippen LogP) is 3.46. The van der Waals surface area contributed by atoms with Crippen molar-refractivity contribution < 1.29 is 0 Å². The fourth-order valence-electron chi connectivity index (χ4n) is 1.38. The maximum atomic E-state index is 4.21. The molecule has 0 bridgehead atoms. The third kappa shape index (κ3) is 2.07. The summed E-state index contributed by atoms with van der Waals surface area (Å²) in [6, 6.07) is 2.15. The normalized spacial score (nSPS) is 13.0. The van der Waals surface area contributed by atoms with Gasteiger partial charge in [-0.05, 0) is 23.9 Å². The molecular weight excluding hydrogens is 260 g/mol. The second kappa shape index (κ2) is 4.28. The number of aryl methyl sites for hydroxylation is 1. The van der Waals surface area contributed by atoms with E-state index in [0.29, 0.717) is 4.83 Å². The number of alkyl halides is 1. The first kappa shape index (κ1) is 9.93. The van der Waals surface area contributed by atoms with Crippen LogP contribution in [-0.2, 0) is 6.42 Å². The summed E-state index contributed by atoms with van der Waals surface area (Å²) in [5, 5.41) is 2.13. The maximum absolute atomic E-state index is 4.21. The summed E-state index contributed by atoms with van der Waals surface area (Å²) in [4.78, 5) is 9.09. The molecule has 0 fully saturated rings. The Labute approximate surface area is 95.5 Å². The highest BCUT2D eigenvalue weighted by Crippen LogP contribution is 2.32. The van der Waals surface area contributed by atoms with E-state index in [2.05, 4.69) is 44.3 Å². The third-order valence-corrected chi connectivity index (χ3v) is 4.33. The Morgan fingerprint density at radius 1 is 1.64 bits per heavy atom. The van der Waals surface area contributed by atoms with Crippen molar-refractivity contribution in [3.63, 3.8) is 0 Å². The number of hydrogen-bond donors (Lipinski definition) is 1. The van der Waals surface area contributed by atoms with Gasteiger partial charge in [-0.2, -0.15) is 0 Å². The molecule has 2 heterocycles. The first-order valence-corrected chi connectivity index (χ1v) is 6.23. The number of imidazole rings is 1. The minimum atomic E-state index is 0.369. The summed E-state index contributed by atoms with van der Waals surface area (Å²) in [5.41, 5.74) is 1.35. The minimum absolute atomic E-state index is 0.369. The summed E-state index contributed by atoms with van der Waals surface area (Å²) in [5.74, 6) is 1.03. The molecule has 2 nitrogen and oxygen atoms in total. The Morgan fingerprint density at radius 2 is 2.50 bits per heavy atom. The van der Waals surface area contributed by atoms with Gasteiger partial charge in [0.1, 0.15) is 5.82 Å². The minimum Gasteiger partial charge on any atom is -0.349 e. The number of aromatic amines is 1. The van der Waals surface area contributed by atoms with Crippen molar-refractivity contribution in [3.05, 3.63) is 40.1 Å². The molecule has 0 aliphatic heterocycles. The number of H-pyrrole nitrogens is 1. The van der Waals surface area contributed by atoms with Gasteiger partial charge in [0.2, 0.25) is 0 Å². The Kier molecular flexibility index (Phi) is 3.03. The lowest BCUT2D eigenvalue weighted by molar-refractivity contribution is 0.884. The van der Waals surface area contributed by atoms with Gasteiger partial charge in [-0.25, -0.2) is 4.98 Å². The molecule has 1 atom stereocenters. The molecule has 0 saturated heterocycles. The molecule has 0 aromatic carbocycles. The number of aromatic nitrogens is 2. The summed E-state index contributed by atoms with van der Waals surface area (Å²) in [6.45, 7) is 2.14. The van der Waals surface area contributed by atoms with Crippen LogP contribution in [0.1, 0.15) is 21.1 Å². The van der Waals surface area contributed by atoms with Crippen LogP contribution in [-0.4, -0.2) is 9.97 Å². The van der Waals surface area contributed by atoms with Crippen LogP contribution in [0, 0.1) is 6.92 Å². The Morgan fingerprint density at radius 3 is 3.07 bits per heavy atom. The van der Waals surface area contributed by atoms with E-state index in [-0.39, 0.29) is 0 Å². The van der Waals surface area contributed by atoms with Crippen LogP contribution >= 0.6 is 27.3 Å². The third-order valence-electron chi connectivity index (χ3n) is 2.11. The molecular formula is C10H11BrN2S. The van der Waals surface area contributed by atoms with Crippen LogP contribution in [0.3, 0.4) is 0 Å². The van der Waals surface area contributed by atoms with E-state index in [0.717, 1.165) is 12.2 Å². The maximum Gasteiger partial charge on any atom is 0.107 e. The molecule has 0 amide bonds. The first-order valence-electron chi connectivity index (χ1n) is 4.43. The van der Waals surface area contributed by atoms with Crippen LogP contribution in [0.25, 0.3) is 0 Å². The van der Waals surface area contributed by atoms with Crippen molar-refractivity contribution in [2.24, 2.45) is 0 Å². The smallest absolute Gasteiger partial charge is 0.107 e. The van der Waals surface area contributed by atoms with E-state index in [1.165, 1.54) is 10.4 Å². The molecule has 2 aromatic rings. The topological polar surface area (TPSA) is 28.7 Å². The van der Waals surface area contributed by atoms with Crippen LogP contribution in [0.5, 0.6) is 0 Å². The van der Waals surface area contributed by atoms with Crippen LogP contribution in [0.4, 0.5) is 0 Å². The highest BCUT2D eigenvalue weighted by Gasteiger charge is 2.13. The van der Waals surface area contributed by atoms with E-state index in [1.54, 1.807) is 17.5 Å². The van der Waals surface area contributed by atoms with Crippen molar-refractivity contribution in [2.45, 2.75) is 18.2 Å². The van der Waals surface area contributed by atoms with E-state index in [1.807, 2.05) is 6.20 Å². The van der Waals surface area contributed by atoms with Crippen molar-refractivity contribution in [3.8, 4) is 0 Å². The van der Waals surface area contributed by atoms with Gasteiger partial charge in [-0.3, -0.25) is 0 Å². The van der Waals surface area contributed by atoms with E-state index in [9.17, 15) is 0 Å². The van der Waals surface area contributed by atoms with Crippen LogP contribution in [0.15, 0.2) is 23.8 Å². The monoisotopic (exact) mass is 270 g/mol. The lowest BCUT2D eigenvalue weighted by atomic mass is 10.2. The molecule has 1 unspecified atom stereocenters. The highest BCUT2D eigenvalue weighted by molar-refractivity contribution is 9.09. The SMILES string of the molecule is Cc1ccsc1C(Br)Cc1ncc[nH]1. The van der Waals surface area contributed by atoms with Crippen molar-refractivity contribution in [2.75, 3.05) is 0 Å². The molecule has 74 valence electrons. The molecule has 0 aliphatic rings. The van der Waals surface area contributed by atoms with Gasteiger partial charge in [-0.1, -0.05) is 15.9 Å². The first-order chi connectivity index (χ1) is 6.77. The number of halogens is 1. The van der Waals surface area contributed by atoms with Crippen molar-refractivity contribution in [1.82, 2.24) is 9.97 Å². The van der Waals surface area contributed by atoms with Gasteiger partial charge >= 0.3 is 0 Å². The van der Waals surface area contributed by atoms with Gasteiger partial charge in [-0.15, -0.1) is 11.3 Å². The van der Waals surface area contributed by atoms with Gasteiger partial charge in [0.05, 0.1) is 4.83 Å². The summed E-state index contributed by atoms with van der Waals surface area (Å²) in [6.07, 6.45) is 4.56. The van der Waals surface area contributed by atoms with Crippen LogP contribution < -0.4 is 0 Å². The van der Waals surface area contributed by atoms with E-state index >= 15 is 0 Å². The molecule has 2 rings (SSSR count). The van der Waals surface area contributed by atoms with E-state index < -0.39 is 0 Å². The highest BCUT2D eigenvalue weighted by atomic mass is 79.9. The number of thiophene rings is 1. The zero-order valence-corrected chi connectivity index (χ0v) is 10.2. The zero-order chi connectivity index (χ0) is 9.97. The average molecular weight is 271 g/mol. The average Bonchev–Trinajstić information content (AvgIpc) is 2.75. The Balaban J connectivity index is 2.10. The molecule has 2 aromatic heterocycles. The zero-order valence-electron chi connectivity index (χ0n) is 7.83. The number of rotatable bonds is 3. The number of hydrogen-bond acceptors (Lipinski definition) is 2. The second-order valence-electron chi connectivity index (χ2n) is 3.18. The molecule has 0 spiro atoms. The molecule has 0 radical (unpaired) electrons. The lowest BCUT2D eigenvalue weighted by Gasteiger charge is -2.06. The summed E-state index contributed by atoms with van der Waals surface area (Å²) in [7, 11) is 0. The standard InChI is InChI=1S/C10H11BrN2S/c1-7-2-5-14-10(7)8(11)6-9-12-3-4-13-9/h2-5,8H,6H2,1H3,(H,12,13). The van der Waals surface area contributed by atoms with Crippen LogP contribution in [0.2, 0.25) is 0 Å². The molecule has 4 heteroatoms. The largest absolute Gasteiger partial charge is 0.349 e. The van der Waals surface area contributed by atoms with Crippen molar-refractivity contribution >= 4 is 27.3 Å². The van der Waals surface area contributed by atoms with Gasteiger partial charge < -0.3 is 4.98 Å². The second-order valence-corrected chi connectivity index (χ2v) is 5.23. The van der Waals surface area contributed by atoms with Gasteiger partial charge in [0.15, 0.2) is 0 Å². The predicted molar refractivity (Wildman–Crippen MR) is 63.0 cm³/mol.